The Bertz CT molecular complexity index is 1010. The number of hydrogen-bond donors (Lipinski definition) is 1. The minimum atomic E-state index is -3.74. The minimum Gasteiger partial charge on any atom is -0.455 e. The zero-order valence-corrected chi connectivity index (χ0v) is 14.1. The molecule has 0 atom stereocenters. The molecular weight excluding hydrogens is 343 g/mol. The number of benzene rings is 2. The molecule has 0 unspecified atom stereocenters. The van der Waals surface area contributed by atoms with Crippen LogP contribution in [0.5, 0.6) is 0 Å². The summed E-state index contributed by atoms with van der Waals surface area (Å²) in [6, 6.07) is 15.7. The van der Waals surface area contributed by atoms with Crippen LogP contribution in [-0.2, 0) is 10.0 Å². The van der Waals surface area contributed by atoms with Gasteiger partial charge in [-0.25, -0.2) is 4.39 Å². The molecule has 0 aliphatic heterocycles. The molecule has 0 aliphatic carbocycles. The first-order valence-corrected chi connectivity index (χ1v) is 8.90. The number of furan rings is 1. The van der Waals surface area contributed by atoms with Crippen LogP contribution in [0, 0.1) is 12.7 Å². The molecule has 0 saturated carbocycles. The van der Waals surface area contributed by atoms with Crippen molar-refractivity contribution in [2.75, 3.05) is 0 Å². The highest BCUT2D eigenvalue weighted by Gasteiger charge is 2.12. The Kier molecular flexibility index (Phi) is 4.67. The SMILES string of the molecule is Cc1ccc(S(=O)(=O)N/N=C\c2ccc(-c3cccc(F)c3)o2)cc1. The second-order valence-electron chi connectivity index (χ2n) is 5.38. The first-order valence-electron chi connectivity index (χ1n) is 7.41. The molecular formula is C18H15FN2O3S. The molecule has 0 fully saturated rings. The maximum atomic E-state index is 13.2. The van der Waals surface area contributed by atoms with E-state index in [4.69, 9.17) is 4.42 Å². The normalized spacial score (nSPS) is 11.8. The lowest BCUT2D eigenvalue weighted by Crippen LogP contribution is -2.18. The van der Waals surface area contributed by atoms with E-state index in [-0.39, 0.29) is 10.7 Å². The van der Waals surface area contributed by atoms with Gasteiger partial charge in [0.05, 0.1) is 11.1 Å². The first-order chi connectivity index (χ1) is 11.9. The van der Waals surface area contributed by atoms with Crippen molar-refractivity contribution < 1.29 is 17.2 Å². The van der Waals surface area contributed by atoms with Crippen molar-refractivity contribution in [3.8, 4) is 11.3 Å². The third-order valence-electron chi connectivity index (χ3n) is 3.43. The van der Waals surface area contributed by atoms with E-state index in [0.717, 1.165) is 5.56 Å². The highest BCUT2D eigenvalue weighted by molar-refractivity contribution is 7.89. The largest absolute Gasteiger partial charge is 0.455 e. The summed E-state index contributed by atoms with van der Waals surface area (Å²) in [7, 11) is -3.74. The molecule has 0 radical (unpaired) electrons. The van der Waals surface area contributed by atoms with Crippen molar-refractivity contribution in [2.24, 2.45) is 5.10 Å². The van der Waals surface area contributed by atoms with Gasteiger partial charge in [0, 0.05) is 5.56 Å². The second-order valence-corrected chi connectivity index (χ2v) is 7.04. The molecule has 0 bridgehead atoms. The molecule has 1 aromatic heterocycles. The summed E-state index contributed by atoms with van der Waals surface area (Å²) in [4.78, 5) is 2.24. The molecule has 5 nitrogen and oxygen atoms in total. The Morgan fingerprint density at radius 1 is 1.08 bits per heavy atom. The van der Waals surface area contributed by atoms with Gasteiger partial charge in [-0.3, -0.25) is 0 Å². The summed E-state index contributed by atoms with van der Waals surface area (Å²) in [6.45, 7) is 1.87. The van der Waals surface area contributed by atoms with E-state index >= 15 is 0 Å². The molecule has 3 aromatic rings. The van der Waals surface area contributed by atoms with E-state index < -0.39 is 10.0 Å². The lowest BCUT2D eigenvalue weighted by atomic mass is 10.2. The van der Waals surface area contributed by atoms with E-state index in [1.165, 1.54) is 30.5 Å². The second kappa shape index (κ2) is 6.90. The molecule has 0 spiro atoms. The standard InChI is InChI=1S/C18H15FN2O3S/c1-13-5-8-17(9-6-13)25(22,23)21-20-12-16-7-10-18(24-16)14-3-2-4-15(19)11-14/h2-12,21H,1H3/b20-12-. The van der Waals surface area contributed by atoms with Gasteiger partial charge < -0.3 is 4.42 Å². The van der Waals surface area contributed by atoms with Gasteiger partial charge in [-0.2, -0.15) is 18.4 Å². The molecule has 128 valence electrons. The zero-order chi connectivity index (χ0) is 17.9. The van der Waals surface area contributed by atoms with Gasteiger partial charge >= 0.3 is 0 Å². The Hall–Kier alpha value is -2.93. The molecule has 1 heterocycles. The van der Waals surface area contributed by atoms with E-state index in [9.17, 15) is 12.8 Å². The average Bonchev–Trinajstić information content (AvgIpc) is 3.04. The number of sulfonamides is 1. The third-order valence-corrected chi connectivity index (χ3v) is 4.67. The van der Waals surface area contributed by atoms with Crippen molar-refractivity contribution in [3.63, 3.8) is 0 Å². The summed E-state index contributed by atoms with van der Waals surface area (Å²) < 4.78 is 42.9. The number of hydrazone groups is 1. The molecule has 25 heavy (non-hydrogen) atoms. The van der Waals surface area contributed by atoms with Crippen molar-refractivity contribution in [3.05, 3.63) is 77.8 Å². The fraction of sp³-hybridized carbons (Fsp3) is 0.0556. The smallest absolute Gasteiger partial charge is 0.276 e. The first kappa shape index (κ1) is 16.9. The average molecular weight is 358 g/mol. The molecule has 2 aromatic carbocycles. The minimum absolute atomic E-state index is 0.121. The molecule has 7 heteroatoms. The van der Waals surface area contributed by atoms with Crippen LogP contribution in [0.2, 0.25) is 0 Å². The highest BCUT2D eigenvalue weighted by atomic mass is 32.2. The summed E-state index contributed by atoms with van der Waals surface area (Å²) in [6.07, 6.45) is 1.24. The number of rotatable bonds is 5. The van der Waals surface area contributed by atoms with Crippen molar-refractivity contribution in [1.82, 2.24) is 4.83 Å². The molecule has 3 rings (SSSR count). The lowest BCUT2D eigenvalue weighted by Gasteiger charge is -2.03. The monoisotopic (exact) mass is 358 g/mol. The van der Waals surface area contributed by atoms with Gasteiger partial charge in [-0.1, -0.05) is 29.8 Å². The predicted molar refractivity (Wildman–Crippen MR) is 93.2 cm³/mol. The third kappa shape index (κ3) is 4.13. The Morgan fingerprint density at radius 3 is 2.56 bits per heavy atom. The highest BCUT2D eigenvalue weighted by Crippen LogP contribution is 2.22. The van der Waals surface area contributed by atoms with E-state index in [0.29, 0.717) is 17.1 Å². The van der Waals surface area contributed by atoms with Crippen molar-refractivity contribution >= 4 is 16.2 Å². The van der Waals surface area contributed by atoms with Gasteiger partial charge in [-0.15, -0.1) is 0 Å². The quantitative estimate of drug-likeness (QED) is 0.558. The van der Waals surface area contributed by atoms with E-state index in [1.54, 1.807) is 36.4 Å². The van der Waals surface area contributed by atoms with Crippen LogP contribution in [0.25, 0.3) is 11.3 Å². The molecule has 0 aliphatic rings. The van der Waals surface area contributed by atoms with Crippen LogP contribution in [0.4, 0.5) is 4.39 Å². The van der Waals surface area contributed by atoms with E-state index in [1.807, 2.05) is 6.92 Å². The van der Waals surface area contributed by atoms with Crippen LogP contribution in [0.15, 0.2) is 75.1 Å². The van der Waals surface area contributed by atoms with Crippen LogP contribution < -0.4 is 4.83 Å². The zero-order valence-electron chi connectivity index (χ0n) is 13.3. The number of nitrogens with one attached hydrogen (secondary N) is 1. The maximum absolute atomic E-state index is 13.2. The number of halogens is 1. The molecule has 1 N–H and O–H groups in total. The van der Waals surface area contributed by atoms with Crippen LogP contribution in [0.3, 0.4) is 0 Å². The maximum Gasteiger partial charge on any atom is 0.276 e. The van der Waals surface area contributed by atoms with Crippen LogP contribution in [-0.4, -0.2) is 14.6 Å². The topological polar surface area (TPSA) is 71.7 Å². The van der Waals surface area contributed by atoms with Crippen LogP contribution >= 0.6 is 0 Å². The summed E-state index contributed by atoms with van der Waals surface area (Å²) in [5.41, 5.74) is 1.54. The van der Waals surface area contributed by atoms with Gasteiger partial charge in [0.2, 0.25) is 0 Å². The number of hydrogen-bond acceptors (Lipinski definition) is 4. The van der Waals surface area contributed by atoms with Gasteiger partial charge in [0.15, 0.2) is 0 Å². The number of aryl methyl sites for hydroxylation is 1. The fourth-order valence-corrected chi connectivity index (χ4v) is 2.94. The van der Waals surface area contributed by atoms with Crippen molar-refractivity contribution in [1.29, 1.82) is 0 Å². The Balaban J connectivity index is 1.71. The van der Waals surface area contributed by atoms with Gasteiger partial charge in [0.1, 0.15) is 17.3 Å². The lowest BCUT2D eigenvalue weighted by molar-refractivity contribution is 0.571. The Morgan fingerprint density at radius 2 is 1.84 bits per heavy atom. The fourth-order valence-electron chi connectivity index (χ4n) is 2.15. The Labute approximate surface area is 144 Å². The van der Waals surface area contributed by atoms with Gasteiger partial charge in [-0.05, 0) is 43.3 Å². The predicted octanol–water partition coefficient (Wildman–Crippen LogP) is 3.71. The number of nitrogens with zero attached hydrogens (tertiary/aromatic N) is 1. The van der Waals surface area contributed by atoms with Crippen LogP contribution in [0.1, 0.15) is 11.3 Å². The van der Waals surface area contributed by atoms with E-state index in [2.05, 4.69) is 9.93 Å². The summed E-state index contributed by atoms with van der Waals surface area (Å²) in [5.74, 6) is 0.434. The molecule has 0 amide bonds. The summed E-state index contributed by atoms with van der Waals surface area (Å²) >= 11 is 0. The summed E-state index contributed by atoms with van der Waals surface area (Å²) in [5, 5.41) is 3.71. The molecule has 0 saturated heterocycles. The van der Waals surface area contributed by atoms with Gasteiger partial charge in [0.25, 0.3) is 10.0 Å². The van der Waals surface area contributed by atoms with Crippen molar-refractivity contribution in [2.45, 2.75) is 11.8 Å².